The Morgan fingerprint density at radius 2 is 2.05 bits per heavy atom. The highest BCUT2D eigenvalue weighted by Gasteiger charge is 2.07. The van der Waals surface area contributed by atoms with Crippen LogP contribution in [0.25, 0.3) is 27.3 Å². The molecule has 0 aliphatic carbocycles. The SMILES string of the molecule is OCc1ccc2c(c1)ncn2-c1cccc(-c2nccs2)c1. The molecule has 0 saturated carbocycles. The standard InChI is InChI=1S/C17H13N3OS/c21-10-12-4-5-16-15(8-12)19-11-20(16)14-3-1-2-13(9-14)17-18-6-7-22-17/h1-9,11,21H,10H2. The normalized spacial score (nSPS) is 11.1. The maximum atomic E-state index is 9.22. The first kappa shape index (κ1) is 13.2. The van der Waals surface area contributed by atoms with Crippen molar-refractivity contribution in [2.24, 2.45) is 0 Å². The molecule has 1 N–H and O–H groups in total. The van der Waals surface area contributed by atoms with E-state index in [1.807, 2.05) is 46.7 Å². The van der Waals surface area contributed by atoms with Crippen molar-refractivity contribution in [2.75, 3.05) is 0 Å². The van der Waals surface area contributed by atoms with Crippen molar-refractivity contribution in [1.29, 1.82) is 0 Å². The molecule has 4 nitrogen and oxygen atoms in total. The summed E-state index contributed by atoms with van der Waals surface area (Å²) in [6, 6.07) is 14.1. The van der Waals surface area contributed by atoms with Crippen molar-refractivity contribution < 1.29 is 5.11 Å². The number of imidazole rings is 1. The largest absolute Gasteiger partial charge is 0.392 e. The van der Waals surface area contributed by atoms with E-state index >= 15 is 0 Å². The molecule has 0 fully saturated rings. The zero-order valence-electron chi connectivity index (χ0n) is 11.7. The average molecular weight is 307 g/mol. The van der Waals surface area contributed by atoms with Crippen molar-refractivity contribution in [3.63, 3.8) is 0 Å². The summed E-state index contributed by atoms with van der Waals surface area (Å²) in [6.45, 7) is 0.0301. The summed E-state index contributed by atoms with van der Waals surface area (Å²) < 4.78 is 2.05. The summed E-state index contributed by atoms with van der Waals surface area (Å²) in [5, 5.41) is 12.2. The van der Waals surface area contributed by atoms with Gasteiger partial charge in [-0.3, -0.25) is 4.57 Å². The minimum absolute atomic E-state index is 0.0301. The molecule has 0 aliphatic rings. The number of hydrogen-bond donors (Lipinski definition) is 1. The van der Waals surface area contributed by atoms with Crippen LogP contribution >= 0.6 is 11.3 Å². The highest BCUT2D eigenvalue weighted by atomic mass is 32.1. The summed E-state index contributed by atoms with van der Waals surface area (Å²) in [5.41, 5.74) is 4.92. The molecule has 0 atom stereocenters. The molecule has 2 aromatic carbocycles. The summed E-state index contributed by atoms with van der Waals surface area (Å²) >= 11 is 1.63. The summed E-state index contributed by atoms with van der Waals surface area (Å²) in [6.07, 6.45) is 3.63. The summed E-state index contributed by atoms with van der Waals surface area (Å²) in [7, 11) is 0. The Morgan fingerprint density at radius 3 is 2.86 bits per heavy atom. The van der Waals surface area contributed by atoms with E-state index in [1.54, 1.807) is 11.3 Å². The number of hydrogen-bond acceptors (Lipinski definition) is 4. The molecule has 0 spiro atoms. The third-order valence-corrected chi connectivity index (χ3v) is 4.42. The van der Waals surface area contributed by atoms with Crippen LogP contribution in [-0.4, -0.2) is 19.6 Å². The van der Waals surface area contributed by atoms with Gasteiger partial charge in [-0.05, 0) is 29.8 Å². The zero-order valence-corrected chi connectivity index (χ0v) is 12.5. The van der Waals surface area contributed by atoms with Crippen molar-refractivity contribution in [2.45, 2.75) is 6.61 Å². The molecule has 4 aromatic rings. The van der Waals surface area contributed by atoms with Crippen molar-refractivity contribution >= 4 is 22.4 Å². The van der Waals surface area contributed by atoms with E-state index in [0.717, 1.165) is 32.9 Å². The molecule has 108 valence electrons. The molecule has 22 heavy (non-hydrogen) atoms. The van der Waals surface area contributed by atoms with E-state index in [0.29, 0.717) is 0 Å². The molecule has 0 unspecified atom stereocenters. The van der Waals surface area contributed by atoms with E-state index in [-0.39, 0.29) is 6.61 Å². The Balaban J connectivity index is 1.84. The Labute approximate surface area is 131 Å². The minimum atomic E-state index is 0.0301. The second kappa shape index (κ2) is 5.36. The smallest absolute Gasteiger partial charge is 0.123 e. The van der Waals surface area contributed by atoms with Gasteiger partial charge in [0.25, 0.3) is 0 Å². The first-order valence-corrected chi connectivity index (χ1v) is 7.80. The van der Waals surface area contributed by atoms with Gasteiger partial charge >= 0.3 is 0 Å². The second-order valence-electron chi connectivity index (χ2n) is 4.98. The first-order valence-electron chi connectivity index (χ1n) is 6.92. The number of aliphatic hydroxyl groups is 1. The Hall–Kier alpha value is -2.50. The number of aromatic nitrogens is 3. The molecule has 2 aromatic heterocycles. The van der Waals surface area contributed by atoms with Gasteiger partial charge in [0.1, 0.15) is 11.3 Å². The van der Waals surface area contributed by atoms with Gasteiger partial charge < -0.3 is 5.11 Å². The molecule has 0 radical (unpaired) electrons. The number of fused-ring (bicyclic) bond motifs is 1. The molecule has 2 heterocycles. The van der Waals surface area contributed by atoms with Crippen LogP contribution in [0, 0.1) is 0 Å². The van der Waals surface area contributed by atoms with Gasteiger partial charge in [-0.15, -0.1) is 11.3 Å². The van der Waals surface area contributed by atoms with Gasteiger partial charge in [0.2, 0.25) is 0 Å². The summed E-state index contributed by atoms with van der Waals surface area (Å²) in [5.74, 6) is 0. The van der Waals surface area contributed by atoms with E-state index in [9.17, 15) is 5.11 Å². The zero-order chi connectivity index (χ0) is 14.9. The minimum Gasteiger partial charge on any atom is -0.392 e. The third-order valence-electron chi connectivity index (χ3n) is 3.60. The van der Waals surface area contributed by atoms with Crippen molar-refractivity contribution in [3.05, 3.63) is 65.9 Å². The van der Waals surface area contributed by atoms with Crippen molar-refractivity contribution in [3.8, 4) is 16.3 Å². The lowest BCUT2D eigenvalue weighted by atomic mass is 10.2. The van der Waals surface area contributed by atoms with E-state index < -0.39 is 0 Å². The lowest BCUT2D eigenvalue weighted by molar-refractivity contribution is 0.282. The molecular weight excluding hydrogens is 294 g/mol. The fourth-order valence-corrected chi connectivity index (χ4v) is 3.15. The van der Waals surface area contributed by atoms with Crippen molar-refractivity contribution in [1.82, 2.24) is 14.5 Å². The van der Waals surface area contributed by atoms with Crippen LogP contribution in [0.5, 0.6) is 0 Å². The number of nitrogens with zero attached hydrogens (tertiary/aromatic N) is 3. The molecular formula is C17H13N3OS. The fourth-order valence-electron chi connectivity index (χ4n) is 2.52. The lowest BCUT2D eigenvalue weighted by Gasteiger charge is -2.06. The molecule has 0 aliphatic heterocycles. The highest BCUT2D eigenvalue weighted by molar-refractivity contribution is 7.13. The topological polar surface area (TPSA) is 50.9 Å². The van der Waals surface area contributed by atoms with Crippen LogP contribution < -0.4 is 0 Å². The number of rotatable bonds is 3. The predicted molar refractivity (Wildman–Crippen MR) is 88.1 cm³/mol. The second-order valence-corrected chi connectivity index (χ2v) is 5.88. The number of aliphatic hydroxyl groups excluding tert-OH is 1. The van der Waals surface area contributed by atoms with Gasteiger partial charge in [0.05, 0.1) is 17.6 Å². The van der Waals surface area contributed by atoms with Gasteiger partial charge in [-0.2, -0.15) is 0 Å². The Bertz CT molecular complexity index is 928. The van der Waals surface area contributed by atoms with Crippen LogP contribution in [0.15, 0.2) is 60.4 Å². The highest BCUT2D eigenvalue weighted by Crippen LogP contribution is 2.26. The Kier molecular flexibility index (Phi) is 3.21. The van der Waals surface area contributed by atoms with Crippen LogP contribution in [-0.2, 0) is 6.61 Å². The Morgan fingerprint density at radius 1 is 1.09 bits per heavy atom. The van der Waals surface area contributed by atoms with Gasteiger partial charge in [0.15, 0.2) is 0 Å². The van der Waals surface area contributed by atoms with E-state index in [1.165, 1.54) is 0 Å². The van der Waals surface area contributed by atoms with Crippen LogP contribution in [0.1, 0.15) is 5.56 Å². The molecule has 0 amide bonds. The maximum Gasteiger partial charge on any atom is 0.123 e. The van der Waals surface area contributed by atoms with Crippen LogP contribution in [0.4, 0.5) is 0 Å². The first-order chi connectivity index (χ1) is 10.8. The van der Waals surface area contributed by atoms with Gasteiger partial charge in [-0.1, -0.05) is 18.2 Å². The molecule has 5 heteroatoms. The van der Waals surface area contributed by atoms with Crippen LogP contribution in [0.2, 0.25) is 0 Å². The maximum absolute atomic E-state index is 9.22. The predicted octanol–water partition coefficient (Wildman–Crippen LogP) is 3.64. The van der Waals surface area contributed by atoms with E-state index in [4.69, 9.17) is 0 Å². The van der Waals surface area contributed by atoms with Crippen LogP contribution in [0.3, 0.4) is 0 Å². The van der Waals surface area contributed by atoms with Gasteiger partial charge in [0, 0.05) is 22.8 Å². The molecule has 0 bridgehead atoms. The number of benzene rings is 2. The quantitative estimate of drug-likeness (QED) is 0.628. The summed E-state index contributed by atoms with van der Waals surface area (Å²) in [4.78, 5) is 8.79. The third kappa shape index (κ3) is 2.20. The molecule has 0 saturated heterocycles. The van der Waals surface area contributed by atoms with Gasteiger partial charge in [-0.25, -0.2) is 9.97 Å². The average Bonchev–Trinajstić information content (AvgIpc) is 3.24. The monoisotopic (exact) mass is 307 g/mol. The molecule has 4 rings (SSSR count). The number of thiazole rings is 1. The fraction of sp³-hybridized carbons (Fsp3) is 0.0588. The van der Waals surface area contributed by atoms with E-state index in [2.05, 4.69) is 28.2 Å². The lowest BCUT2D eigenvalue weighted by Crippen LogP contribution is -1.92.